The zero-order valence-electron chi connectivity index (χ0n) is 17.1. The van der Waals surface area contributed by atoms with Crippen LogP contribution < -0.4 is 9.46 Å². The van der Waals surface area contributed by atoms with Gasteiger partial charge in [-0.25, -0.2) is 13.1 Å². The Morgan fingerprint density at radius 2 is 1.73 bits per heavy atom. The Balaban J connectivity index is 1.99. The maximum absolute atomic E-state index is 13.1. The molecule has 7 nitrogen and oxygen atoms in total. The van der Waals surface area contributed by atoms with Crippen LogP contribution in [0.1, 0.15) is 38.2 Å². The van der Waals surface area contributed by atoms with Gasteiger partial charge < -0.3 is 4.74 Å². The summed E-state index contributed by atoms with van der Waals surface area (Å²) in [5.74, 6) is 0.495. The van der Waals surface area contributed by atoms with Gasteiger partial charge in [-0.15, -0.1) is 5.10 Å². The first-order chi connectivity index (χ1) is 14.3. The Hall–Kier alpha value is -2.42. The molecule has 1 atom stereocenters. The lowest BCUT2D eigenvalue weighted by atomic mass is 10.1. The average molecular weight is 449 g/mol. The van der Waals surface area contributed by atoms with Crippen LogP contribution in [0, 0.1) is 0 Å². The Morgan fingerprint density at radius 1 is 1.07 bits per heavy atom. The second-order valence-corrected chi connectivity index (χ2v) is 9.22. The molecule has 0 radical (unpaired) electrons. The van der Waals surface area contributed by atoms with Crippen molar-refractivity contribution in [1.29, 1.82) is 0 Å². The van der Waals surface area contributed by atoms with Gasteiger partial charge in [0.15, 0.2) is 5.82 Å². The molecular formula is C21H25ClN4O3S. The van der Waals surface area contributed by atoms with E-state index in [1.54, 1.807) is 16.7 Å². The van der Waals surface area contributed by atoms with Crippen molar-refractivity contribution >= 4 is 21.6 Å². The van der Waals surface area contributed by atoms with Gasteiger partial charge in [-0.3, -0.25) is 4.57 Å². The predicted octanol–water partition coefficient (Wildman–Crippen LogP) is 4.00. The van der Waals surface area contributed by atoms with Crippen molar-refractivity contribution in [3.8, 4) is 6.01 Å². The topological polar surface area (TPSA) is 86.1 Å². The van der Waals surface area contributed by atoms with Gasteiger partial charge in [0.1, 0.15) is 0 Å². The Kier molecular flexibility index (Phi) is 7.12. The minimum absolute atomic E-state index is 0.0781. The summed E-state index contributed by atoms with van der Waals surface area (Å²) in [4.78, 5) is 0.131. The van der Waals surface area contributed by atoms with E-state index >= 15 is 0 Å². The van der Waals surface area contributed by atoms with Crippen molar-refractivity contribution in [3.05, 3.63) is 71.0 Å². The van der Waals surface area contributed by atoms with Crippen LogP contribution in [-0.4, -0.2) is 29.3 Å². The first-order valence-electron chi connectivity index (χ1n) is 9.71. The van der Waals surface area contributed by atoms with E-state index in [1.165, 1.54) is 12.1 Å². The number of hydrogen-bond acceptors (Lipinski definition) is 5. The standard InChI is InChI=1S/C21H25ClN4O3S/c1-4-26-20(23-24-21(26)29-15(2)3)19(14-16-8-6-5-7-9-16)25-30(27,28)18-12-10-17(22)11-13-18/h5-13,15,19,25H,4,14H2,1-3H3. The molecule has 0 fully saturated rings. The fourth-order valence-electron chi connectivity index (χ4n) is 3.06. The number of nitrogens with zero attached hydrogens (tertiary/aromatic N) is 3. The maximum atomic E-state index is 13.1. The summed E-state index contributed by atoms with van der Waals surface area (Å²) >= 11 is 5.90. The molecule has 0 spiro atoms. The monoisotopic (exact) mass is 448 g/mol. The molecule has 1 N–H and O–H groups in total. The SMILES string of the molecule is CCn1c(OC(C)C)nnc1C(Cc1ccccc1)NS(=O)(=O)c1ccc(Cl)cc1. The largest absolute Gasteiger partial charge is 0.461 e. The quantitative estimate of drug-likeness (QED) is 0.534. The summed E-state index contributed by atoms with van der Waals surface area (Å²) in [6, 6.07) is 15.4. The van der Waals surface area contributed by atoms with Crippen molar-refractivity contribution in [2.24, 2.45) is 0 Å². The number of benzene rings is 2. The molecule has 2 aromatic carbocycles. The molecule has 3 aromatic rings. The Bertz CT molecular complexity index is 1070. The van der Waals surface area contributed by atoms with Crippen LogP contribution >= 0.6 is 11.6 Å². The normalized spacial score (nSPS) is 12.8. The molecular weight excluding hydrogens is 424 g/mol. The van der Waals surface area contributed by atoms with Crippen LogP contribution in [0.25, 0.3) is 0 Å². The van der Waals surface area contributed by atoms with E-state index in [1.807, 2.05) is 51.1 Å². The lowest BCUT2D eigenvalue weighted by Gasteiger charge is -2.20. The second kappa shape index (κ2) is 9.59. The zero-order valence-corrected chi connectivity index (χ0v) is 18.7. The minimum Gasteiger partial charge on any atom is -0.461 e. The lowest BCUT2D eigenvalue weighted by molar-refractivity contribution is 0.210. The molecule has 0 amide bonds. The fourth-order valence-corrected chi connectivity index (χ4v) is 4.38. The van der Waals surface area contributed by atoms with Gasteiger partial charge in [-0.2, -0.15) is 0 Å². The highest BCUT2D eigenvalue weighted by molar-refractivity contribution is 7.89. The number of aromatic nitrogens is 3. The predicted molar refractivity (Wildman–Crippen MR) is 116 cm³/mol. The van der Waals surface area contributed by atoms with E-state index in [2.05, 4.69) is 14.9 Å². The van der Waals surface area contributed by atoms with Gasteiger partial charge in [-0.1, -0.05) is 47.0 Å². The fraction of sp³-hybridized carbons (Fsp3) is 0.333. The molecule has 1 heterocycles. The minimum atomic E-state index is -3.81. The molecule has 0 aliphatic heterocycles. The molecule has 0 saturated heterocycles. The van der Waals surface area contributed by atoms with E-state index in [0.29, 0.717) is 29.8 Å². The summed E-state index contributed by atoms with van der Waals surface area (Å²) in [6.07, 6.45) is 0.332. The van der Waals surface area contributed by atoms with Gasteiger partial charge in [0.2, 0.25) is 10.0 Å². The van der Waals surface area contributed by atoms with E-state index in [-0.39, 0.29) is 11.0 Å². The molecule has 30 heavy (non-hydrogen) atoms. The van der Waals surface area contributed by atoms with Crippen LogP contribution in [0.5, 0.6) is 6.01 Å². The molecule has 3 rings (SSSR count). The van der Waals surface area contributed by atoms with Crippen LogP contribution in [0.4, 0.5) is 0 Å². The summed E-state index contributed by atoms with van der Waals surface area (Å²) in [5.41, 5.74) is 0.971. The highest BCUT2D eigenvalue weighted by Gasteiger charge is 2.27. The average Bonchev–Trinajstić information content (AvgIpc) is 3.10. The lowest BCUT2D eigenvalue weighted by Crippen LogP contribution is -2.32. The zero-order chi connectivity index (χ0) is 21.7. The molecule has 1 aromatic heterocycles. The van der Waals surface area contributed by atoms with Crippen LogP contribution in [-0.2, 0) is 23.0 Å². The van der Waals surface area contributed by atoms with Crippen LogP contribution in [0.15, 0.2) is 59.5 Å². The third-order valence-corrected chi connectivity index (χ3v) is 6.16. The summed E-state index contributed by atoms with van der Waals surface area (Å²) < 4.78 is 36.4. The Morgan fingerprint density at radius 3 is 2.33 bits per heavy atom. The van der Waals surface area contributed by atoms with E-state index in [9.17, 15) is 8.42 Å². The third-order valence-electron chi connectivity index (χ3n) is 4.42. The van der Waals surface area contributed by atoms with Crippen molar-refractivity contribution in [3.63, 3.8) is 0 Å². The smallest absolute Gasteiger partial charge is 0.317 e. The maximum Gasteiger partial charge on any atom is 0.317 e. The number of sulfonamides is 1. The first-order valence-corrected chi connectivity index (χ1v) is 11.6. The molecule has 1 unspecified atom stereocenters. The van der Waals surface area contributed by atoms with Gasteiger partial charge in [0.25, 0.3) is 0 Å². The van der Waals surface area contributed by atoms with Crippen molar-refractivity contribution in [1.82, 2.24) is 19.5 Å². The van der Waals surface area contributed by atoms with E-state index < -0.39 is 16.1 Å². The molecule has 0 saturated carbocycles. The molecule has 9 heteroatoms. The van der Waals surface area contributed by atoms with Crippen molar-refractivity contribution in [2.45, 2.75) is 50.8 Å². The summed E-state index contributed by atoms with van der Waals surface area (Å²) in [5, 5.41) is 8.88. The van der Waals surface area contributed by atoms with Crippen LogP contribution in [0.3, 0.4) is 0 Å². The number of nitrogens with one attached hydrogen (secondary N) is 1. The molecule has 0 aliphatic rings. The molecule has 0 aliphatic carbocycles. The second-order valence-electron chi connectivity index (χ2n) is 7.07. The van der Waals surface area contributed by atoms with Crippen LogP contribution in [0.2, 0.25) is 5.02 Å². The summed E-state index contributed by atoms with van der Waals surface area (Å²) in [7, 11) is -3.81. The molecule has 160 valence electrons. The van der Waals surface area contributed by atoms with Crippen molar-refractivity contribution < 1.29 is 13.2 Å². The van der Waals surface area contributed by atoms with E-state index in [0.717, 1.165) is 5.56 Å². The Labute approximate surface area is 182 Å². The van der Waals surface area contributed by atoms with Gasteiger partial charge in [-0.05, 0) is 57.0 Å². The summed E-state index contributed by atoms with van der Waals surface area (Å²) in [6.45, 7) is 6.28. The van der Waals surface area contributed by atoms with Crippen molar-refractivity contribution in [2.75, 3.05) is 0 Å². The highest BCUT2D eigenvalue weighted by Crippen LogP contribution is 2.24. The van der Waals surface area contributed by atoms with Gasteiger partial charge >= 0.3 is 6.01 Å². The van der Waals surface area contributed by atoms with Gasteiger partial charge in [0.05, 0.1) is 17.0 Å². The first kappa shape index (κ1) is 22.3. The number of halogens is 1. The van der Waals surface area contributed by atoms with E-state index in [4.69, 9.17) is 16.3 Å². The number of hydrogen-bond donors (Lipinski definition) is 1. The third kappa shape index (κ3) is 5.38. The highest BCUT2D eigenvalue weighted by atomic mass is 35.5. The molecule has 0 bridgehead atoms. The number of rotatable bonds is 9. The van der Waals surface area contributed by atoms with Gasteiger partial charge in [0, 0.05) is 11.6 Å². The number of ether oxygens (including phenoxy) is 1.